The number of amides is 1. The maximum Gasteiger partial charge on any atom is 0.352 e. The lowest BCUT2D eigenvalue weighted by Gasteiger charge is -2.50. The van der Waals surface area contributed by atoms with Gasteiger partial charge in [-0.05, 0) is 10.4 Å². The van der Waals surface area contributed by atoms with E-state index in [-0.39, 0.29) is 11.3 Å². The molecule has 4 atom stereocenters. The van der Waals surface area contributed by atoms with E-state index in [9.17, 15) is 14.7 Å². The van der Waals surface area contributed by atoms with Crippen LogP contribution in [0.15, 0.2) is 11.3 Å². The minimum Gasteiger partial charge on any atom is -0.477 e. The van der Waals surface area contributed by atoms with Crippen LogP contribution in [-0.4, -0.2) is 66.1 Å². The summed E-state index contributed by atoms with van der Waals surface area (Å²) in [6.45, 7) is 0. The number of thiol groups is 1. The van der Waals surface area contributed by atoms with E-state index in [1.54, 1.807) is 7.05 Å². The van der Waals surface area contributed by atoms with Crippen LogP contribution in [0.2, 0.25) is 0 Å². The summed E-state index contributed by atoms with van der Waals surface area (Å²) in [5.74, 6) is -1.32. The third kappa shape index (κ3) is 2.33. The minimum atomic E-state index is -1.25. The topological polar surface area (TPSA) is 136 Å². The molecule has 2 aliphatic heterocycles. The molecule has 12 heteroatoms. The van der Waals surface area contributed by atoms with Crippen molar-refractivity contribution < 1.29 is 19.4 Å². The van der Waals surface area contributed by atoms with E-state index in [0.29, 0.717) is 5.82 Å². The Kier molecular flexibility index (Phi) is 4.08. The first-order valence-corrected chi connectivity index (χ1v) is 7.99. The SMILES string of the molecule is CO[C@H]1C(=O)N2C(C(=O)O)=C(C(S)c3nnnn3C)C(N)S[C@H]12. The Labute approximate surface area is 140 Å². The molecule has 10 nitrogen and oxygen atoms in total. The first-order valence-electron chi connectivity index (χ1n) is 6.53. The number of β-lactam (4-membered cyclic amide) rings is 1. The Morgan fingerprint density at radius 3 is 2.78 bits per heavy atom. The predicted octanol–water partition coefficient (Wildman–Crippen LogP) is -1.27. The van der Waals surface area contributed by atoms with Crippen LogP contribution in [0.3, 0.4) is 0 Å². The van der Waals surface area contributed by atoms with Crippen molar-refractivity contribution in [3.63, 3.8) is 0 Å². The van der Waals surface area contributed by atoms with Gasteiger partial charge in [-0.1, -0.05) is 0 Å². The molecule has 23 heavy (non-hydrogen) atoms. The van der Waals surface area contributed by atoms with Crippen molar-refractivity contribution in [2.24, 2.45) is 12.8 Å². The van der Waals surface area contributed by atoms with Gasteiger partial charge in [0.2, 0.25) is 0 Å². The number of fused-ring (bicyclic) bond motifs is 1. The minimum absolute atomic E-state index is 0.178. The monoisotopic (exact) mass is 358 g/mol. The fourth-order valence-corrected chi connectivity index (χ4v) is 4.64. The van der Waals surface area contributed by atoms with Crippen LogP contribution in [0.25, 0.3) is 0 Å². The molecule has 2 unspecified atom stereocenters. The third-order valence-corrected chi connectivity index (χ3v) is 5.54. The standard InChI is InChI=1S/C11H14N6O4S2/c1-16-8(13-14-15-16)6(22)3-4(11(19)20)17-9(18)5(21-2)10(17)23-7(3)12/h5-7,10,22H,12H2,1-2H3,(H,19,20)/t5-,6?,7?,10+/m0/s1. The highest BCUT2D eigenvalue weighted by Crippen LogP contribution is 2.47. The Morgan fingerprint density at radius 1 is 1.57 bits per heavy atom. The summed E-state index contributed by atoms with van der Waals surface area (Å²) in [4.78, 5) is 25.1. The number of carbonyl (C=O) groups excluding carboxylic acids is 1. The molecule has 3 heterocycles. The summed E-state index contributed by atoms with van der Waals surface area (Å²) >= 11 is 5.68. The molecule has 0 spiro atoms. The Morgan fingerprint density at radius 2 is 2.26 bits per heavy atom. The first-order chi connectivity index (χ1) is 10.9. The van der Waals surface area contributed by atoms with E-state index >= 15 is 0 Å². The molecule has 2 aliphatic rings. The van der Waals surface area contributed by atoms with Crippen molar-refractivity contribution in [1.29, 1.82) is 0 Å². The molecule has 0 saturated carbocycles. The molecule has 1 aromatic rings. The number of carbonyl (C=O) groups is 2. The molecule has 124 valence electrons. The maximum atomic E-state index is 12.1. The number of thioether (sulfide) groups is 1. The molecule has 0 aliphatic carbocycles. The number of hydrogen-bond donors (Lipinski definition) is 3. The fourth-order valence-electron chi connectivity index (χ4n) is 2.64. The van der Waals surface area contributed by atoms with Gasteiger partial charge in [0.1, 0.15) is 11.1 Å². The van der Waals surface area contributed by atoms with Crippen LogP contribution in [-0.2, 0) is 21.4 Å². The number of methoxy groups -OCH3 is 1. The zero-order valence-electron chi connectivity index (χ0n) is 12.2. The summed E-state index contributed by atoms with van der Waals surface area (Å²) < 4.78 is 6.47. The Hall–Kier alpha value is -1.63. The first kappa shape index (κ1) is 16.2. The van der Waals surface area contributed by atoms with Crippen LogP contribution in [0.4, 0.5) is 0 Å². The number of tetrazole rings is 1. The van der Waals surface area contributed by atoms with Crippen molar-refractivity contribution in [2.75, 3.05) is 7.11 Å². The van der Waals surface area contributed by atoms with Crippen molar-refractivity contribution >= 4 is 36.3 Å². The summed E-state index contributed by atoms with van der Waals surface area (Å²) in [6, 6.07) is 0. The van der Waals surface area contributed by atoms with E-state index in [1.807, 2.05) is 0 Å². The molecular formula is C11H14N6O4S2. The molecule has 0 aromatic carbocycles. The van der Waals surface area contributed by atoms with Crippen molar-refractivity contribution in [3.8, 4) is 0 Å². The number of aryl methyl sites for hydroxylation is 1. The van der Waals surface area contributed by atoms with Crippen molar-refractivity contribution in [2.45, 2.75) is 22.1 Å². The fraction of sp³-hybridized carbons (Fsp3) is 0.545. The second kappa shape index (κ2) is 5.78. The normalized spacial score (nSPS) is 28.4. The second-order valence-electron chi connectivity index (χ2n) is 4.98. The lowest BCUT2D eigenvalue weighted by atomic mass is 10.0. The highest BCUT2D eigenvalue weighted by Gasteiger charge is 2.56. The van der Waals surface area contributed by atoms with Gasteiger partial charge in [0.05, 0.1) is 10.6 Å². The summed E-state index contributed by atoms with van der Waals surface area (Å²) in [5.41, 5.74) is 6.24. The van der Waals surface area contributed by atoms with Gasteiger partial charge in [-0.3, -0.25) is 9.69 Å². The molecule has 1 aromatic heterocycles. The lowest BCUT2D eigenvalue weighted by molar-refractivity contribution is -0.162. The largest absolute Gasteiger partial charge is 0.477 e. The summed E-state index contributed by atoms with van der Waals surface area (Å²) in [7, 11) is 3.01. The smallest absolute Gasteiger partial charge is 0.352 e. The molecule has 0 bridgehead atoms. The van der Waals surface area contributed by atoms with Crippen LogP contribution >= 0.6 is 24.4 Å². The number of aromatic nitrogens is 4. The molecule has 3 N–H and O–H groups in total. The van der Waals surface area contributed by atoms with Gasteiger partial charge in [-0.2, -0.15) is 12.6 Å². The molecule has 1 fully saturated rings. The lowest BCUT2D eigenvalue weighted by Crippen LogP contribution is -2.67. The second-order valence-corrected chi connectivity index (χ2v) is 6.76. The number of nitrogens with two attached hydrogens (primary N) is 1. The average molecular weight is 358 g/mol. The highest BCUT2D eigenvalue weighted by atomic mass is 32.2. The van der Waals surface area contributed by atoms with Gasteiger partial charge >= 0.3 is 5.97 Å². The molecule has 0 radical (unpaired) electrons. The van der Waals surface area contributed by atoms with Gasteiger partial charge < -0.3 is 15.6 Å². The van der Waals surface area contributed by atoms with Gasteiger partial charge in [-0.25, -0.2) is 9.48 Å². The number of carboxylic acids is 1. The zero-order chi connectivity index (χ0) is 16.9. The maximum absolute atomic E-state index is 12.1. The van der Waals surface area contributed by atoms with Crippen LogP contribution in [0.5, 0.6) is 0 Å². The Balaban J connectivity index is 2.08. The van der Waals surface area contributed by atoms with Crippen LogP contribution in [0, 0.1) is 0 Å². The van der Waals surface area contributed by atoms with E-state index in [0.717, 1.165) is 0 Å². The van der Waals surface area contributed by atoms with E-state index in [2.05, 4.69) is 28.2 Å². The highest BCUT2D eigenvalue weighted by molar-refractivity contribution is 8.00. The molecule has 1 saturated heterocycles. The van der Waals surface area contributed by atoms with Crippen molar-refractivity contribution in [3.05, 3.63) is 17.1 Å². The number of carboxylic acid groups (broad SMARTS) is 1. The van der Waals surface area contributed by atoms with Gasteiger partial charge in [0.25, 0.3) is 5.91 Å². The number of aliphatic carboxylic acids is 1. The molecule has 1 amide bonds. The van der Waals surface area contributed by atoms with E-state index in [4.69, 9.17) is 10.5 Å². The predicted molar refractivity (Wildman–Crippen MR) is 82.2 cm³/mol. The van der Waals surface area contributed by atoms with E-state index in [1.165, 1.54) is 28.5 Å². The summed E-state index contributed by atoms with van der Waals surface area (Å²) in [5, 5.41) is 18.8. The summed E-state index contributed by atoms with van der Waals surface area (Å²) in [6.07, 6.45) is -0.697. The third-order valence-electron chi connectivity index (χ3n) is 3.75. The van der Waals surface area contributed by atoms with Gasteiger partial charge in [0.15, 0.2) is 11.9 Å². The van der Waals surface area contributed by atoms with Crippen LogP contribution in [0.1, 0.15) is 11.1 Å². The van der Waals surface area contributed by atoms with E-state index < -0.39 is 34.0 Å². The van der Waals surface area contributed by atoms with Crippen LogP contribution < -0.4 is 5.73 Å². The number of ether oxygens (including phenoxy) is 1. The zero-order valence-corrected chi connectivity index (χ0v) is 13.9. The molecule has 3 rings (SSSR count). The Bertz CT molecular complexity index is 706. The van der Waals surface area contributed by atoms with Gasteiger partial charge in [0, 0.05) is 19.7 Å². The quantitative estimate of drug-likeness (QED) is 0.444. The number of rotatable bonds is 4. The van der Waals surface area contributed by atoms with Gasteiger partial charge in [-0.15, -0.1) is 16.9 Å². The number of nitrogens with zero attached hydrogens (tertiary/aromatic N) is 5. The number of hydrogen-bond acceptors (Lipinski definition) is 9. The molecular weight excluding hydrogens is 344 g/mol. The average Bonchev–Trinajstić information content (AvgIpc) is 2.92. The van der Waals surface area contributed by atoms with Crippen molar-refractivity contribution in [1.82, 2.24) is 25.1 Å².